The molecule has 1 aliphatic carbocycles. The van der Waals surface area contributed by atoms with Gasteiger partial charge in [0.25, 0.3) is 0 Å². The molecule has 23 aromatic carbocycles. The molecule has 36 rings (SSSR count). The Bertz CT molecular complexity index is 11600. The Balaban J connectivity index is 0.0000000933. The molecule has 0 N–H and O–H groups in total. The maximum atomic E-state index is 6.92. The maximum absolute atomic E-state index is 6.92. The van der Waals surface area contributed by atoms with Crippen LogP contribution in [0.5, 0.6) is 0 Å². The lowest BCUT2D eigenvalue weighted by atomic mass is 9.81. The second-order valence-electron chi connectivity index (χ2n) is 39.1. The van der Waals surface area contributed by atoms with Gasteiger partial charge in [-0.25, -0.2) is 29.9 Å². The lowest BCUT2D eigenvalue weighted by molar-refractivity contribution is 0.655. The summed E-state index contributed by atoms with van der Waals surface area (Å²) in [6.07, 6.45) is 0. The minimum Gasteiger partial charge on any atom is -0.456 e. The van der Waals surface area contributed by atoms with E-state index in [4.69, 9.17) is 56.4 Å². The zero-order valence-corrected chi connectivity index (χ0v) is 76.8. The molecule has 666 valence electrons. The largest absolute Gasteiger partial charge is 0.456 e. The third-order valence-corrected chi connectivity index (χ3v) is 31.4. The van der Waals surface area contributed by atoms with Gasteiger partial charge in [-0.05, 0) is 192 Å². The summed E-state index contributed by atoms with van der Waals surface area (Å²) in [7, 11) is 0. The van der Waals surface area contributed by atoms with Gasteiger partial charge in [-0.3, -0.25) is 13.7 Å². The highest BCUT2D eigenvalue weighted by atomic mass is 16.4. The van der Waals surface area contributed by atoms with Crippen LogP contribution in [0, 0.1) is 0 Å². The van der Waals surface area contributed by atoms with Gasteiger partial charge in [0, 0.05) is 130 Å². The number of hydrogen-bond acceptors (Lipinski definition) is 12. The Kier molecular flexibility index (Phi) is 14.7. The first kappa shape index (κ1) is 76.7. The van der Waals surface area contributed by atoms with E-state index in [1.54, 1.807) is 0 Å². The number of hydrogen-bond donors (Lipinski definition) is 0. The molecule has 12 aromatic heterocycles. The molecule has 12 heterocycles. The van der Waals surface area contributed by atoms with Crippen molar-refractivity contribution in [3.8, 4) is 51.6 Å². The number of rotatable bonds is 6. The fraction of sp³-hybridized carbons (Fsp3) is 0.0233. The number of aromatic nitrogens is 9. The van der Waals surface area contributed by atoms with E-state index in [9.17, 15) is 0 Å². The molecular formula is C129H69N9O6. The van der Waals surface area contributed by atoms with Gasteiger partial charge in [0.15, 0.2) is 0 Å². The van der Waals surface area contributed by atoms with Crippen molar-refractivity contribution in [2.45, 2.75) is 19.3 Å². The first-order valence-electron chi connectivity index (χ1n) is 48.8. The van der Waals surface area contributed by atoms with E-state index in [-0.39, 0.29) is 5.41 Å². The summed E-state index contributed by atoms with van der Waals surface area (Å²) in [5.74, 6) is 1.92. The van der Waals surface area contributed by atoms with Crippen molar-refractivity contribution in [3.05, 3.63) is 393 Å². The van der Waals surface area contributed by atoms with Gasteiger partial charge in [0.2, 0.25) is 17.8 Å². The average Bonchev–Trinajstić information content (AvgIpc) is 1.53. The van der Waals surface area contributed by atoms with Crippen molar-refractivity contribution in [1.82, 2.24) is 43.6 Å². The highest BCUT2D eigenvalue weighted by molar-refractivity contribution is 6.45. The molecule has 0 atom stereocenters. The summed E-state index contributed by atoms with van der Waals surface area (Å²) >= 11 is 0. The van der Waals surface area contributed by atoms with Gasteiger partial charge in [-0.15, -0.1) is 0 Å². The molecule has 15 nitrogen and oxygen atoms in total. The van der Waals surface area contributed by atoms with Gasteiger partial charge in [-0.2, -0.15) is 0 Å². The predicted molar refractivity (Wildman–Crippen MR) is 586 cm³/mol. The summed E-state index contributed by atoms with van der Waals surface area (Å²) in [6, 6.07) is 134. The molecule has 15 heteroatoms. The summed E-state index contributed by atoms with van der Waals surface area (Å²) in [5, 5.41) is 35.1. The van der Waals surface area contributed by atoms with Crippen LogP contribution >= 0.6 is 0 Å². The first-order valence-corrected chi connectivity index (χ1v) is 48.8. The van der Waals surface area contributed by atoms with Crippen LogP contribution in [0.3, 0.4) is 0 Å². The second-order valence-corrected chi connectivity index (χ2v) is 39.1. The molecule has 144 heavy (non-hydrogen) atoms. The van der Waals surface area contributed by atoms with Crippen LogP contribution in [0.25, 0.3) is 335 Å². The lowest BCUT2D eigenvalue weighted by Crippen LogP contribution is -2.15. The normalized spacial score (nSPS) is 13.1. The molecular weight excluding hydrogens is 1770 g/mol. The van der Waals surface area contributed by atoms with Crippen LogP contribution in [0.1, 0.15) is 25.0 Å². The quantitative estimate of drug-likeness (QED) is 0.155. The van der Waals surface area contributed by atoms with Crippen LogP contribution in [0.4, 0.5) is 0 Å². The van der Waals surface area contributed by atoms with E-state index in [0.717, 1.165) is 290 Å². The summed E-state index contributed by atoms with van der Waals surface area (Å²) < 4.78 is 46.5. The van der Waals surface area contributed by atoms with Crippen molar-refractivity contribution in [2.75, 3.05) is 0 Å². The third-order valence-electron chi connectivity index (χ3n) is 31.4. The van der Waals surface area contributed by atoms with Crippen LogP contribution in [0.15, 0.2) is 409 Å². The van der Waals surface area contributed by atoms with Crippen LogP contribution < -0.4 is 0 Å². The zero-order chi connectivity index (χ0) is 93.6. The lowest BCUT2D eigenvalue weighted by Gasteiger charge is -2.21. The summed E-state index contributed by atoms with van der Waals surface area (Å²) in [4.78, 5) is 31.7. The second kappa shape index (κ2) is 27.6. The predicted octanol–water partition coefficient (Wildman–Crippen LogP) is 34.7. The number of benzene rings is 20. The van der Waals surface area contributed by atoms with Crippen LogP contribution in [-0.2, 0) is 5.41 Å². The molecule has 0 spiro atoms. The van der Waals surface area contributed by atoms with E-state index >= 15 is 0 Å². The molecule has 0 saturated heterocycles. The monoisotopic (exact) mass is 1840 g/mol. The zero-order valence-electron chi connectivity index (χ0n) is 76.8. The summed E-state index contributed by atoms with van der Waals surface area (Å²) in [5.41, 5.74) is 27.9. The Morgan fingerprint density at radius 2 is 0.486 bits per heavy atom. The molecule has 0 unspecified atom stereocenters. The number of nitrogens with zero attached hydrogens (tertiary/aromatic N) is 9. The third kappa shape index (κ3) is 9.97. The van der Waals surface area contributed by atoms with Crippen molar-refractivity contribution in [2.24, 2.45) is 0 Å². The molecule has 0 bridgehead atoms. The van der Waals surface area contributed by atoms with Gasteiger partial charge >= 0.3 is 0 Å². The Morgan fingerprint density at radius 1 is 0.174 bits per heavy atom. The maximum Gasteiger partial charge on any atom is 0.235 e. The van der Waals surface area contributed by atoms with E-state index in [1.165, 1.54) is 38.1 Å². The SMILES string of the molecule is CC1(C)c2ccc3oc4ccc5c6c4c3c2c2c1ccc1oc3ccc(c6c3c12)n5-c1nc(-c2ccccc2)c2ccccc2n1.c1ccc(-c2nc(-n3c4cccc5c6cc7c(cc6c6cccc8oc9ccc3c(c9c86)c54)oc3ccccc37)nc3ccccc23)cc1.c1ccc(-c2nc(-n3c4cccc5c6ccccc6c6cc7oc8ccccc8c7c7oc8ccc3c(c8c67)c54)nc3ccccc23)cc1. The molecule has 0 radical (unpaired) electrons. The average molecular weight is 1840 g/mol. The summed E-state index contributed by atoms with van der Waals surface area (Å²) in [6.45, 7) is 4.68. The van der Waals surface area contributed by atoms with Gasteiger partial charge in [-0.1, -0.05) is 269 Å². The highest BCUT2D eigenvalue weighted by Crippen LogP contribution is 2.59. The standard InChI is InChI=1S/2C44H23N3O2.C41H23N3O2/c1-2-10-24(11-3-1)43-28-13-4-6-16-32(28)45-44(46-43)47-33-17-8-14-26-29-22-31-25-12-5-7-18-35(25)48-38(31)23-30(29)27-15-9-19-36-40(27)42-37(49-36)21-20-34(47)41(42)39(26)33;1-2-11-24(12-3-1)42-28-15-6-8-18-31(28)45-44(46-42)47-32-19-10-17-27-25-13-4-5-14-26(25)30-23-36-38(29-16-7-9-20-34(29)48-36)43-39(30)41-35(49-43)22-21-33(47)40(41)37(27)32;1-41(2)22-12-16-27-35-31(22)32-23(41)13-17-28-36(32)38-30(46-28)19-15-26-34(38)33-25(14-18-29(45-27)37(33)35)44(26)40-42-24-11-7-6-10-21(24)39(43-40)20-8-4-3-5-9-20/h2*1-23H;3-19H,1-2H3. The molecule has 35 aromatic rings. The fourth-order valence-corrected chi connectivity index (χ4v) is 25.5. The van der Waals surface area contributed by atoms with E-state index in [0.29, 0.717) is 17.8 Å². The first-order chi connectivity index (χ1) is 71.2. The number of para-hydroxylation sites is 5. The van der Waals surface area contributed by atoms with Gasteiger partial charge in [0.1, 0.15) is 67.0 Å². The molecule has 0 amide bonds. The fourth-order valence-electron chi connectivity index (χ4n) is 25.5. The molecule has 0 fully saturated rings. The van der Waals surface area contributed by atoms with Crippen molar-refractivity contribution in [3.63, 3.8) is 0 Å². The van der Waals surface area contributed by atoms with Gasteiger partial charge < -0.3 is 26.5 Å². The van der Waals surface area contributed by atoms with E-state index < -0.39 is 0 Å². The van der Waals surface area contributed by atoms with Crippen molar-refractivity contribution in [1.29, 1.82) is 0 Å². The molecule has 0 saturated carbocycles. The molecule has 1 aliphatic rings. The van der Waals surface area contributed by atoms with Crippen molar-refractivity contribution < 1.29 is 26.5 Å². The van der Waals surface area contributed by atoms with Gasteiger partial charge in [0.05, 0.1) is 72.1 Å². The number of furan rings is 6. The smallest absolute Gasteiger partial charge is 0.235 e. The highest BCUT2D eigenvalue weighted by Gasteiger charge is 2.40. The molecule has 0 aliphatic heterocycles. The minimum atomic E-state index is -0.150. The van der Waals surface area contributed by atoms with E-state index in [1.807, 2.05) is 60.7 Å². The van der Waals surface area contributed by atoms with Crippen LogP contribution in [0.2, 0.25) is 0 Å². The van der Waals surface area contributed by atoms with E-state index in [2.05, 4.69) is 349 Å². The van der Waals surface area contributed by atoms with Crippen molar-refractivity contribution >= 4 is 284 Å². The Morgan fingerprint density at radius 3 is 0.972 bits per heavy atom. The number of fused-ring (bicyclic) bond motifs is 16. The topological polar surface area (TPSA) is 171 Å². The van der Waals surface area contributed by atoms with Crippen LogP contribution in [-0.4, -0.2) is 43.6 Å². The minimum absolute atomic E-state index is 0.150. The Labute approximate surface area is 812 Å². The Hall–Kier alpha value is -19.4.